The molecule has 0 bridgehead atoms. The van der Waals surface area contributed by atoms with E-state index in [2.05, 4.69) is 34.1 Å². The van der Waals surface area contributed by atoms with E-state index in [1.54, 1.807) is 12.1 Å². The molecule has 2 rings (SSSR count). The van der Waals surface area contributed by atoms with Gasteiger partial charge in [0.25, 0.3) is 0 Å². The van der Waals surface area contributed by atoms with Crippen LogP contribution in [0.3, 0.4) is 0 Å². The van der Waals surface area contributed by atoms with E-state index in [4.69, 9.17) is 0 Å². The smallest absolute Gasteiger partial charge is 0.240 e. The molecule has 1 heterocycles. The number of aromatic nitrogens is 2. The summed E-state index contributed by atoms with van der Waals surface area (Å²) in [4.78, 5) is 0.274. The summed E-state index contributed by atoms with van der Waals surface area (Å²) in [6.45, 7) is 6.16. The van der Waals surface area contributed by atoms with Gasteiger partial charge >= 0.3 is 0 Å². The highest BCUT2D eigenvalue weighted by atomic mass is 32.2. The Morgan fingerprint density at radius 1 is 1.22 bits per heavy atom. The van der Waals surface area contributed by atoms with Crippen LogP contribution in [0.25, 0.3) is 0 Å². The molecule has 7 heteroatoms. The predicted octanol–water partition coefficient (Wildman–Crippen LogP) is 1.91. The molecule has 0 amide bonds. The molecule has 2 aromatic rings. The average Bonchev–Trinajstić information content (AvgIpc) is 2.92. The van der Waals surface area contributed by atoms with Gasteiger partial charge in [-0.3, -0.25) is 5.10 Å². The molecular weight excluding hydrogens is 312 g/mol. The third-order valence-corrected chi connectivity index (χ3v) is 5.20. The van der Waals surface area contributed by atoms with Gasteiger partial charge in [0, 0.05) is 24.2 Å². The number of H-pyrrole nitrogens is 1. The lowest BCUT2D eigenvalue weighted by atomic mass is 10.1. The summed E-state index contributed by atoms with van der Waals surface area (Å²) < 4.78 is 25.8. The lowest BCUT2D eigenvalue weighted by Gasteiger charge is -2.20. The quantitative estimate of drug-likeness (QED) is 0.721. The summed E-state index contributed by atoms with van der Waals surface area (Å²) in [7, 11) is -1.98. The molecule has 0 aliphatic carbocycles. The van der Waals surface area contributed by atoms with Gasteiger partial charge in [0.15, 0.2) is 0 Å². The minimum absolute atomic E-state index is 0.122. The number of nitrogens with one attached hydrogen (secondary N) is 3. The number of benzene rings is 1. The molecule has 1 aromatic carbocycles. The third-order valence-electron chi connectivity index (χ3n) is 3.77. The number of hydrogen-bond acceptors (Lipinski definition) is 4. The van der Waals surface area contributed by atoms with Gasteiger partial charge in [0.1, 0.15) is 0 Å². The van der Waals surface area contributed by atoms with Crippen molar-refractivity contribution in [1.82, 2.24) is 20.2 Å². The van der Waals surface area contributed by atoms with Gasteiger partial charge in [-0.05, 0) is 51.6 Å². The molecule has 0 saturated carbocycles. The number of nitrogens with zero attached hydrogens (tertiary/aromatic N) is 1. The van der Waals surface area contributed by atoms with Crippen LogP contribution in [0, 0.1) is 6.92 Å². The second-order valence-electron chi connectivity index (χ2n) is 5.81. The Labute approximate surface area is 137 Å². The molecule has 0 aliphatic rings. The summed E-state index contributed by atoms with van der Waals surface area (Å²) in [6, 6.07) is 9.35. The largest absolute Gasteiger partial charge is 0.307 e. The number of rotatable bonds is 7. The summed E-state index contributed by atoms with van der Waals surface area (Å²) in [5.74, 6) is 0. The number of sulfonamides is 1. The number of aromatic amines is 1. The van der Waals surface area contributed by atoms with E-state index in [0.29, 0.717) is 0 Å². The van der Waals surface area contributed by atoms with Gasteiger partial charge in [-0.15, -0.1) is 0 Å². The molecule has 1 aromatic heterocycles. The van der Waals surface area contributed by atoms with Crippen molar-refractivity contribution in [3.05, 3.63) is 47.3 Å². The lowest BCUT2D eigenvalue weighted by Crippen LogP contribution is -2.30. The van der Waals surface area contributed by atoms with Crippen LogP contribution in [0.2, 0.25) is 0 Å². The van der Waals surface area contributed by atoms with Crippen LogP contribution in [-0.2, 0) is 16.4 Å². The first-order chi connectivity index (χ1) is 10.8. The van der Waals surface area contributed by atoms with Crippen molar-refractivity contribution in [1.29, 1.82) is 0 Å². The van der Waals surface area contributed by atoms with Gasteiger partial charge in [0.2, 0.25) is 10.0 Å². The van der Waals surface area contributed by atoms with Gasteiger partial charge in [-0.2, -0.15) is 5.10 Å². The molecule has 0 spiro atoms. The average molecular weight is 336 g/mol. The lowest BCUT2D eigenvalue weighted by molar-refractivity contribution is 0.473. The Morgan fingerprint density at radius 3 is 2.39 bits per heavy atom. The maximum atomic E-state index is 11.7. The molecule has 23 heavy (non-hydrogen) atoms. The monoisotopic (exact) mass is 336 g/mol. The first-order valence-corrected chi connectivity index (χ1v) is 9.10. The Balaban J connectivity index is 1.98. The molecular formula is C16H24N4O2S. The normalized spacial score (nSPS) is 14.6. The second-order valence-corrected chi connectivity index (χ2v) is 7.70. The first-order valence-electron chi connectivity index (χ1n) is 7.62. The Morgan fingerprint density at radius 2 is 1.87 bits per heavy atom. The van der Waals surface area contributed by atoms with E-state index in [1.807, 2.05) is 25.1 Å². The van der Waals surface area contributed by atoms with Crippen LogP contribution < -0.4 is 10.0 Å². The minimum Gasteiger partial charge on any atom is -0.307 e. The van der Waals surface area contributed by atoms with Crippen molar-refractivity contribution in [3.63, 3.8) is 0 Å². The highest BCUT2D eigenvalue weighted by molar-refractivity contribution is 7.89. The van der Waals surface area contributed by atoms with Gasteiger partial charge in [-0.1, -0.05) is 12.1 Å². The molecule has 0 fully saturated rings. The second kappa shape index (κ2) is 7.25. The molecule has 0 unspecified atom stereocenters. The zero-order valence-electron chi connectivity index (χ0n) is 13.9. The van der Waals surface area contributed by atoms with E-state index in [1.165, 1.54) is 7.05 Å². The first kappa shape index (κ1) is 17.7. The van der Waals surface area contributed by atoms with Gasteiger partial charge < -0.3 is 5.32 Å². The molecule has 6 nitrogen and oxygen atoms in total. The Kier molecular flexibility index (Phi) is 5.56. The van der Waals surface area contributed by atoms with Crippen LogP contribution in [-0.4, -0.2) is 31.7 Å². The molecule has 0 radical (unpaired) electrons. The summed E-state index contributed by atoms with van der Waals surface area (Å²) in [6.07, 6.45) is 0.834. The molecule has 126 valence electrons. The van der Waals surface area contributed by atoms with E-state index in [-0.39, 0.29) is 17.0 Å². The molecule has 3 N–H and O–H groups in total. The maximum Gasteiger partial charge on any atom is 0.240 e. The zero-order valence-corrected chi connectivity index (χ0v) is 14.7. The fourth-order valence-corrected chi connectivity index (χ4v) is 3.26. The summed E-state index contributed by atoms with van der Waals surface area (Å²) in [5, 5.41) is 10.7. The maximum absolute atomic E-state index is 11.7. The minimum atomic E-state index is -3.38. The van der Waals surface area contributed by atoms with E-state index in [0.717, 1.165) is 23.4 Å². The number of aryl methyl sites for hydroxylation is 1. The van der Waals surface area contributed by atoms with Crippen molar-refractivity contribution in [2.24, 2.45) is 0 Å². The fraction of sp³-hybridized carbons (Fsp3) is 0.438. The highest BCUT2D eigenvalue weighted by Crippen LogP contribution is 2.17. The third kappa shape index (κ3) is 4.63. The van der Waals surface area contributed by atoms with E-state index in [9.17, 15) is 8.42 Å². The fourth-order valence-electron chi connectivity index (χ4n) is 2.53. The number of hydrogen-bond donors (Lipinski definition) is 3. The summed E-state index contributed by atoms with van der Waals surface area (Å²) >= 11 is 0. The molecule has 0 aliphatic heterocycles. The topological polar surface area (TPSA) is 86.9 Å². The van der Waals surface area contributed by atoms with Gasteiger partial charge in [-0.25, -0.2) is 13.1 Å². The van der Waals surface area contributed by atoms with E-state index >= 15 is 0 Å². The van der Waals surface area contributed by atoms with Crippen LogP contribution in [0.1, 0.15) is 36.8 Å². The van der Waals surface area contributed by atoms with Crippen molar-refractivity contribution in [2.75, 3.05) is 7.05 Å². The zero-order chi connectivity index (χ0) is 17.0. The van der Waals surface area contributed by atoms with E-state index < -0.39 is 10.0 Å². The molecule has 2 atom stereocenters. The van der Waals surface area contributed by atoms with Crippen LogP contribution in [0.15, 0.2) is 35.2 Å². The predicted molar refractivity (Wildman–Crippen MR) is 90.7 cm³/mol. The van der Waals surface area contributed by atoms with Crippen molar-refractivity contribution in [2.45, 2.75) is 44.2 Å². The summed E-state index contributed by atoms with van der Waals surface area (Å²) in [5.41, 5.74) is 3.14. The highest BCUT2D eigenvalue weighted by Gasteiger charge is 2.14. The van der Waals surface area contributed by atoms with Crippen LogP contribution in [0.4, 0.5) is 0 Å². The molecule has 0 saturated heterocycles. The van der Waals surface area contributed by atoms with Crippen LogP contribution >= 0.6 is 0 Å². The Hall–Kier alpha value is -1.70. The SMILES string of the molecule is CNS(=O)(=O)c1ccc([C@H](C)N[C@H](C)Cc2cc(C)[nH]n2)cc1. The van der Waals surface area contributed by atoms with Crippen molar-refractivity contribution >= 4 is 10.0 Å². The van der Waals surface area contributed by atoms with Crippen molar-refractivity contribution < 1.29 is 8.42 Å². The Bertz CT molecular complexity index is 738. The van der Waals surface area contributed by atoms with Gasteiger partial charge in [0.05, 0.1) is 10.6 Å². The van der Waals surface area contributed by atoms with Crippen molar-refractivity contribution in [3.8, 4) is 0 Å². The standard InChI is InChI=1S/C16H24N4O2S/c1-11(9-15-10-12(2)19-20-15)18-13(3)14-5-7-16(8-6-14)23(21,22)17-4/h5-8,10-11,13,17-18H,9H2,1-4H3,(H,19,20)/t11-,13+/m1/s1. The van der Waals surface area contributed by atoms with Crippen LogP contribution in [0.5, 0.6) is 0 Å².